The molecule has 2 N–H and O–H groups in total. The van der Waals surface area contributed by atoms with Crippen LogP contribution in [0.1, 0.15) is 24.5 Å². The smallest absolute Gasteiger partial charge is 0.247 e. The Hall–Kier alpha value is -4.44. The van der Waals surface area contributed by atoms with Gasteiger partial charge in [0.1, 0.15) is 5.75 Å². The highest BCUT2D eigenvalue weighted by atomic mass is 16.5. The molecule has 1 aliphatic rings. The Bertz CT molecular complexity index is 1510. The number of likely N-dealkylation sites (N-methyl/N-ethyl adjacent to an activating group) is 2. The van der Waals surface area contributed by atoms with E-state index in [9.17, 15) is 4.79 Å². The number of rotatable bonds is 11. The van der Waals surface area contributed by atoms with E-state index in [0.29, 0.717) is 34.8 Å². The van der Waals surface area contributed by atoms with Crippen LogP contribution in [0.15, 0.2) is 61.3 Å². The number of hydrogen-bond donors (Lipinski definition) is 2. The third-order valence-corrected chi connectivity index (χ3v) is 6.74. The Morgan fingerprint density at radius 2 is 1.95 bits per heavy atom. The maximum Gasteiger partial charge on any atom is 0.247 e. The fourth-order valence-corrected chi connectivity index (χ4v) is 4.53. The molecule has 4 aromatic rings. The van der Waals surface area contributed by atoms with Crippen molar-refractivity contribution < 1.29 is 9.53 Å². The van der Waals surface area contributed by atoms with Gasteiger partial charge in [0.25, 0.3) is 0 Å². The van der Waals surface area contributed by atoms with Crippen LogP contribution in [0.5, 0.6) is 5.75 Å². The van der Waals surface area contributed by atoms with E-state index >= 15 is 0 Å². The number of aromatic nitrogens is 4. The zero-order valence-corrected chi connectivity index (χ0v) is 22.8. The molecule has 2 heterocycles. The summed E-state index contributed by atoms with van der Waals surface area (Å²) in [5.74, 6) is 1.85. The lowest BCUT2D eigenvalue weighted by Gasteiger charge is -2.26. The van der Waals surface area contributed by atoms with E-state index in [-0.39, 0.29) is 5.91 Å². The summed E-state index contributed by atoms with van der Waals surface area (Å²) >= 11 is 0. The minimum absolute atomic E-state index is 0.301. The van der Waals surface area contributed by atoms with Crippen LogP contribution in [0.25, 0.3) is 16.7 Å². The number of ether oxygens (including phenoxy) is 1. The SMILES string of the molecule is C=CC(=O)Nc1cc(Nc2nccc(-n3nc4ccccc4c3C3CC3)n2)c(OC)cc1N(C)CCN(C)C. The molecular weight excluding hydrogens is 492 g/mol. The van der Waals surface area contributed by atoms with Crippen LogP contribution in [-0.4, -0.2) is 71.9 Å². The number of carbonyl (C=O) groups excluding carboxylic acids is 1. The Morgan fingerprint density at radius 1 is 1.15 bits per heavy atom. The molecule has 0 bridgehead atoms. The molecule has 2 aromatic heterocycles. The lowest BCUT2D eigenvalue weighted by molar-refractivity contribution is -0.111. The second kappa shape index (κ2) is 11.1. The molecule has 2 aromatic carbocycles. The van der Waals surface area contributed by atoms with Crippen LogP contribution in [0.2, 0.25) is 0 Å². The highest BCUT2D eigenvalue weighted by molar-refractivity contribution is 6.02. The molecule has 1 aliphatic carbocycles. The first-order valence-corrected chi connectivity index (χ1v) is 13.0. The van der Waals surface area contributed by atoms with Crippen molar-refractivity contribution in [1.29, 1.82) is 0 Å². The van der Waals surface area contributed by atoms with Crippen LogP contribution in [0.3, 0.4) is 0 Å². The monoisotopic (exact) mass is 526 g/mol. The number of hydrogen-bond acceptors (Lipinski definition) is 8. The molecule has 1 saturated carbocycles. The summed E-state index contributed by atoms with van der Waals surface area (Å²) in [7, 11) is 7.64. The molecule has 5 rings (SSSR count). The Labute approximate surface area is 228 Å². The number of fused-ring (bicyclic) bond motifs is 1. The highest BCUT2D eigenvalue weighted by Gasteiger charge is 2.30. The van der Waals surface area contributed by atoms with Gasteiger partial charge in [-0.25, -0.2) is 9.67 Å². The van der Waals surface area contributed by atoms with Crippen molar-refractivity contribution in [3.63, 3.8) is 0 Å². The van der Waals surface area contributed by atoms with E-state index in [0.717, 1.165) is 42.5 Å². The molecule has 0 radical (unpaired) electrons. The molecule has 0 atom stereocenters. The van der Waals surface area contributed by atoms with Crippen LogP contribution in [0.4, 0.5) is 23.0 Å². The summed E-state index contributed by atoms with van der Waals surface area (Å²) in [6.45, 7) is 5.20. The standard InChI is InChI=1S/C29H34N8O2/c1-6-27(38)31-22-17-23(25(39-5)18-24(22)36(4)16-15-35(2)3)32-29-30-14-13-26(33-29)37-28(19-11-12-19)20-9-7-8-10-21(20)34-37/h6-10,13-14,17-19H,1,11-12,15-16H2,2-5H3,(H,31,38)(H,30,32,33). The minimum atomic E-state index is -0.301. The van der Waals surface area contributed by atoms with Gasteiger partial charge in [-0.3, -0.25) is 4.79 Å². The molecule has 0 unspecified atom stereocenters. The third kappa shape index (κ3) is 5.70. The van der Waals surface area contributed by atoms with Gasteiger partial charge < -0.3 is 25.2 Å². The number of amides is 1. The number of methoxy groups -OCH3 is 1. The second-order valence-electron chi connectivity index (χ2n) is 9.94. The van der Waals surface area contributed by atoms with Gasteiger partial charge >= 0.3 is 0 Å². The summed E-state index contributed by atoms with van der Waals surface area (Å²) in [6.07, 6.45) is 5.26. The van der Waals surface area contributed by atoms with Gasteiger partial charge in [-0.1, -0.05) is 24.8 Å². The number of anilines is 4. The minimum Gasteiger partial charge on any atom is -0.494 e. The Morgan fingerprint density at radius 3 is 2.67 bits per heavy atom. The normalized spacial score (nSPS) is 12.9. The summed E-state index contributed by atoms with van der Waals surface area (Å²) in [5.41, 5.74) is 4.20. The molecule has 0 saturated heterocycles. The lowest BCUT2D eigenvalue weighted by Crippen LogP contribution is -2.29. The van der Waals surface area contributed by atoms with Crippen molar-refractivity contribution in [3.05, 3.63) is 67.0 Å². The van der Waals surface area contributed by atoms with Gasteiger partial charge in [-0.15, -0.1) is 0 Å². The van der Waals surface area contributed by atoms with Gasteiger partial charge in [-0.2, -0.15) is 10.1 Å². The number of nitrogens with zero attached hydrogens (tertiary/aromatic N) is 6. The first kappa shape index (κ1) is 26.2. The van der Waals surface area contributed by atoms with Gasteiger partial charge in [0.15, 0.2) is 5.82 Å². The first-order chi connectivity index (χ1) is 18.9. The number of nitrogens with one attached hydrogen (secondary N) is 2. The fourth-order valence-electron chi connectivity index (χ4n) is 4.53. The fraction of sp³-hybridized carbons (Fsp3) is 0.310. The Balaban J connectivity index is 1.50. The van der Waals surface area contributed by atoms with Crippen molar-refractivity contribution in [2.75, 3.05) is 56.9 Å². The summed E-state index contributed by atoms with van der Waals surface area (Å²) in [5, 5.41) is 12.2. The van der Waals surface area contributed by atoms with E-state index in [2.05, 4.69) is 38.1 Å². The number of carbonyl (C=O) groups is 1. The van der Waals surface area contributed by atoms with Gasteiger partial charge in [-0.05, 0) is 45.1 Å². The van der Waals surface area contributed by atoms with E-state index < -0.39 is 0 Å². The first-order valence-electron chi connectivity index (χ1n) is 13.0. The van der Waals surface area contributed by atoms with E-state index in [1.807, 2.05) is 62.2 Å². The molecule has 1 amide bonds. The van der Waals surface area contributed by atoms with Gasteiger partial charge in [0, 0.05) is 49.8 Å². The lowest BCUT2D eigenvalue weighted by atomic mass is 10.1. The molecule has 39 heavy (non-hydrogen) atoms. The molecule has 0 aliphatic heterocycles. The van der Waals surface area contributed by atoms with Crippen LogP contribution in [-0.2, 0) is 4.79 Å². The summed E-state index contributed by atoms with van der Waals surface area (Å²) < 4.78 is 7.66. The van der Waals surface area contributed by atoms with E-state index in [1.165, 1.54) is 11.8 Å². The largest absolute Gasteiger partial charge is 0.494 e. The summed E-state index contributed by atoms with van der Waals surface area (Å²) in [4.78, 5) is 25.7. The average Bonchev–Trinajstić information content (AvgIpc) is 3.70. The van der Waals surface area contributed by atoms with Crippen molar-refractivity contribution in [2.45, 2.75) is 18.8 Å². The third-order valence-electron chi connectivity index (χ3n) is 6.74. The van der Waals surface area contributed by atoms with Gasteiger partial charge in [0.05, 0.1) is 35.4 Å². The van der Waals surface area contributed by atoms with Crippen molar-refractivity contribution >= 4 is 39.8 Å². The quantitative estimate of drug-likeness (QED) is 0.274. The number of benzene rings is 2. The maximum atomic E-state index is 12.3. The average molecular weight is 527 g/mol. The molecule has 0 spiro atoms. The maximum absolute atomic E-state index is 12.3. The molecule has 10 heteroatoms. The van der Waals surface area contributed by atoms with Gasteiger partial charge in [0.2, 0.25) is 11.9 Å². The zero-order valence-electron chi connectivity index (χ0n) is 22.8. The second-order valence-corrected chi connectivity index (χ2v) is 9.94. The topological polar surface area (TPSA) is 100 Å². The van der Waals surface area contributed by atoms with Crippen LogP contribution < -0.4 is 20.3 Å². The predicted octanol–water partition coefficient (Wildman–Crippen LogP) is 4.57. The van der Waals surface area contributed by atoms with Crippen molar-refractivity contribution in [1.82, 2.24) is 24.6 Å². The van der Waals surface area contributed by atoms with Crippen LogP contribution >= 0.6 is 0 Å². The molecule has 1 fully saturated rings. The van der Waals surface area contributed by atoms with E-state index in [4.69, 9.17) is 14.8 Å². The summed E-state index contributed by atoms with van der Waals surface area (Å²) in [6, 6.07) is 13.8. The van der Waals surface area contributed by atoms with Crippen molar-refractivity contribution in [2.24, 2.45) is 0 Å². The Kier molecular flexibility index (Phi) is 7.47. The van der Waals surface area contributed by atoms with E-state index in [1.54, 1.807) is 13.3 Å². The zero-order chi connectivity index (χ0) is 27.5. The van der Waals surface area contributed by atoms with Crippen molar-refractivity contribution in [3.8, 4) is 11.6 Å². The van der Waals surface area contributed by atoms with Crippen LogP contribution in [0, 0.1) is 0 Å². The predicted molar refractivity (Wildman–Crippen MR) is 156 cm³/mol. The molecule has 10 nitrogen and oxygen atoms in total. The molecular formula is C29H34N8O2. The molecule has 202 valence electrons. The highest BCUT2D eigenvalue weighted by Crippen LogP contribution is 2.44.